The molecule has 0 saturated heterocycles. The van der Waals surface area contributed by atoms with E-state index in [1.54, 1.807) is 11.3 Å². The topological polar surface area (TPSA) is 25.8 Å². The molecule has 2 nitrogen and oxygen atoms in total. The molecule has 0 aliphatic carbocycles. The molecule has 0 N–H and O–H groups in total. The molecule has 0 spiro atoms. The second kappa shape index (κ2) is 8.45. The third kappa shape index (κ3) is 3.63. The fourth-order valence-corrected chi connectivity index (χ4v) is 5.50. The summed E-state index contributed by atoms with van der Waals surface area (Å²) in [6.45, 7) is 0. The Bertz CT molecular complexity index is 1540. The van der Waals surface area contributed by atoms with E-state index in [-0.39, 0.29) is 0 Å². The lowest BCUT2D eigenvalue weighted by Gasteiger charge is -2.09. The van der Waals surface area contributed by atoms with Gasteiger partial charge in [-0.25, -0.2) is 9.97 Å². The Morgan fingerprint density at radius 3 is 1.61 bits per heavy atom. The molecule has 0 amide bonds. The van der Waals surface area contributed by atoms with Gasteiger partial charge in [-0.1, -0.05) is 109 Å². The Morgan fingerprint density at radius 2 is 0.939 bits per heavy atom. The van der Waals surface area contributed by atoms with Gasteiger partial charge in [0.2, 0.25) is 0 Å². The van der Waals surface area contributed by atoms with Crippen LogP contribution >= 0.6 is 11.3 Å². The number of aromatic nitrogens is 2. The van der Waals surface area contributed by atoms with Gasteiger partial charge in [0.1, 0.15) is 0 Å². The molecule has 33 heavy (non-hydrogen) atoms. The highest BCUT2D eigenvalue weighted by Gasteiger charge is 2.18. The summed E-state index contributed by atoms with van der Waals surface area (Å²) in [6.07, 6.45) is 3.84. The Labute approximate surface area is 196 Å². The lowest BCUT2D eigenvalue weighted by atomic mass is 9.97. The first kappa shape index (κ1) is 19.6. The van der Waals surface area contributed by atoms with Crippen LogP contribution in [0, 0.1) is 0 Å². The van der Waals surface area contributed by atoms with Crippen molar-refractivity contribution in [3.63, 3.8) is 0 Å². The number of hydrogen-bond acceptors (Lipinski definition) is 3. The van der Waals surface area contributed by atoms with Crippen LogP contribution in [0.5, 0.6) is 0 Å². The van der Waals surface area contributed by atoms with Gasteiger partial charge in [0.15, 0.2) is 5.82 Å². The van der Waals surface area contributed by atoms with E-state index in [1.165, 1.54) is 32.3 Å². The molecule has 4 aromatic carbocycles. The molecule has 0 fully saturated rings. The molecule has 2 aromatic heterocycles. The van der Waals surface area contributed by atoms with E-state index in [2.05, 4.69) is 91.0 Å². The van der Waals surface area contributed by atoms with Crippen LogP contribution in [0.25, 0.3) is 54.2 Å². The number of rotatable bonds is 4. The van der Waals surface area contributed by atoms with Crippen LogP contribution in [0.1, 0.15) is 0 Å². The summed E-state index contributed by atoms with van der Waals surface area (Å²) in [6, 6.07) is 38.0. The number of thiophene rings is 1. The minimum absolute atomic E-state index is 0.763. The maximum absolute atomic E-state index is 4.76. The monoisotopic (exact) mass is 440 g/mol. The summed E-state index contributed by atoms with van der Waals surface area (Å²) in [5.41, 5.74) is 5.83. The third-order valence-corrected chi connectivity index (χ3v) is 7.09. The molecule has 3 heteroatoms. The predicted octanol–water partition coefficient (Wildman–Crippen LogP) is 8.36. The molecule has 0 bridgehead atoms. The van der Waals surface area contributed by atoms with Gasteiger partial charge < -0.3 is 0 Å². The Balaban J connectivity index is 1.50. The molecule has 2 heterocycles. The van der Waals surface area contributed by atoms with Crippen LogP contribution in [-0.4, -0.2) is 9.97 Å². The van der Waals surface area contributed by atoms with Crippen molar-refractivity contribution in [1.29, 1.82) is 0 Å². The van der Waals surface area contributed by atoms with E-state index in [0.717, 1.165) is 21.8 Å². The Kier molecular flexibility index (Phi) is 5.02. The number of hydrogen-bond donors (Lipinski definition) is 0. The quantitative estimate of drug-likeness (QED) is 0.275. The Morgan fingerprint density at radius 1 is 0.424 bits per heavy atom. The fourth-order valence-electron chi connectivity index (χ4n) is 4.23. The van der Waals surface area contributed by atoms with E-state index < -0.39 is 0 Å². The molecule has 0 saturated carbocycles. The third-order valence-electron chi connectivity index (χ3n) is 5.84. The second-order valence-corrected chi connectivity index (χ2v) is 8.90. The van der Waals surface area contributed by atoms with E-state index in [9.17, 15) is 0 Å². The lowest BCUT2D eigenvalue weighted by molar-refractivity contribution is 1.19. The van der Waals surface area contributed by atoms with Gasteiger partial charge in [-0.15, -0.1) is 11.3 Å². The van der Waals surface area contributed by atoms with E-state index in [1.807, 2.05) is 30.6 Å². The average Bonchev–Trinajstić information content (AvgIpc) is 3.29. The molecule has 156 valence electrons. The zero-order chi connectivity index (χ0) is 22.0. The van der Waals surface area contributed by atoms with Crippen molar-refractivity contribution in [3.05, 3.63) is 122 Å². The van der Waals surface area contributed by atoms with Gasteiger partial charge in [-0.3, -0.25) is 0 Å². The molecule has 0 aliphatic rings. The smallest absolute Gasteiger partial charge is 0.170 e. The van der Waals surface area contributed by atoms with Crippen molar-refractivity contribution in [2.24, 2.45) is 0 Å². The van der Waals surface area contributed by atoms with Crippen molar-refractivity contribution >= 4 is 22.1 Å². The van der Waals surface area contributed by atoms with Crippen LogP contribution in [0.4, 0.5) is 0 Å². The van der Waals surface area contributed by atoms with Crippen molar-refractivity contribution < 1.29 is 0 Å². The molecule has 0 atom stereocenters. The zero-order valence-corrected chi connectivity index (χ0v) is 18.7. The minimum atomic E-state index is 0.763. The first-order valence-corrected chi connectivity index (χ1v) is 11.7. The van der Waals surface area contributed by atoms with Crippen LogP contribution in [0.2, 0.25) is 0 Å². The standard InChI is InChI=1S/C30H20N2S/c1-3-11-21(12-4-1)23-19-31-30(32-20-23)29-27-18-10-9-17-26(27)28(33-29)25-16-8-7-15-24(25)22-13-5-2-6-14-22/h1-20H. The summed E-state index contributed by atoms with van der Waals surface area (Å²) in [7, 11) is 0. The number of nitrogens with zero attached hydrogens (tertiary/aromatic N) is 2. The average molecular weight is 441 g/mol. The van der Waals surface area contributed by atoms with Gasteiger partial charge in [-0.05, 0) is 16.7 Å². The lowest BCUT2D eigenvalue weighted by Crippen LogP contribution is -1.88. The van der Waals surface area contributed by atoms with Crippen molar-refractivity contribution in [2.75, 3.05) is 0 Å². The van der Waals surface area contributed by atoms with Crippen LogP contribution in [-0.2, 0) is 0 Å². The predicted molar refractivity (Wildman–Crippen MR) is 139 cm³/mol. The van der Waals surface area contributed by atoms with Gasteiger partial charge >= 0.3 is 0 Å². The van der Waals surface area contributed by atoms with Gasteiger partial charge in [-0.2, -0.15) is 0 Å². The van der Waals surface area contributed by atoms with Crippen LogP contribution < -0.4 is 0 Å². The van der Waals surface area contributed by atoms with E-state index in [4.69, 9.17) is 9.97 Å². The highest BCUT2D eigenvalue weighted by atomic mass is 32.1. The molecule has 0 radical (unpaired) electrons. The number of benzene rings is 4. The molecular formula is C30H20N2S. The molecule has 0 unspecified atom stereocenters. The maximum atomic E-state index is 4.76. The minimum Gasteiger partial charge on any atom is -0.235 e. The SMILES string of the molecule is c1ccc(-c2cnc(-c3sc(-c4ccccc4-c4ccccc4)c4ccccc34)nc2)cc1. The fraction of sp³-hybridized carbons (Fsp3) is 0. The largest absolute Gasteiger partial charge is 0.235 e. The molecule has 6 aromatic rings. The van der Waals surface area contributed by atoms with Crippen LogP contribution in [0.3, 0.4) is 0 Å². The van der Waals surface area contributed by atoms with Crippen molar-refractivity contribution in [1.82, 2.24) is 9.97 Å². The summed E-state index contributed by atoms with van der Waals surface area (Å²) in [5, 5.41) is 2.42. The normalized spacial score (nSPS) is 11.0. The number of fused-ring (bicyclic) bond motifs is 1. The molecule has 6 rings (SSSR count). The zero-order valence-electron chi connectivity index (χ0n) is 17.8. The van der Waals surface area contributed by atoms with Crippen LogP contribution in [0.15, 0.2) is 122 Å². The second-order valence-electron chi connectivity index (χ2n) is 7.88. The summed E-state index contributed by atoms with van der Waals surface area (Å²) in [4.78, 5) is 11.9. The molecule has 0 aliphatic heterocycles. The first-order chi connectivity index (χ1) is 16.4. The van der Waals surface area contributed by atoms with Gasteiger partial charge in [0.25, 0.3) is 0 Å². The van der Waals surface area contributed by atoms with Gasteiger partial charge in [0.05, 0.1) is 4.88 Å². The summed E-state index contributed by atoms with van der Waals surface area (Å²) in [5.74, 6) is 0.763. The van der Waals surface area contributed by atoms with Gasteiger partial charge in [0, 0.05) is 39.2 Å². The first-order valence-electron chi connectivity index (χ1n) is 10.9. The Hall–Kier alpha value is -4.08. The van der Waals surface area contributed by atoms with E-state index >= 15 is 0 Å². The highest BCUT2D eigenvalue weighted by Crippen LogP contribution is 2.45. The van der Waals surface area contributed by atoms with E-state index in [0.29, 0.717) is 0 Å². The van der Waals surface area contributed by atoms with Crippen molar-refractivity contribution in [2.45, 2.75) is 0 Å². The molecular weight excluding hydrogens is 420 g/mol. The summed E-state index contributed by atoms with van der Waals surface area (Å²) >= 11 is 1.76. The maximum Gasteiger partial charge on any atom is 0.170 e. The van der Waals surface area contributed by atoms with Crippen molar-refractivity contribution in [3.8, 4) is 43.4 Å². The summed E-state index contributed by atoms with van der Waals surface area (Å²) < 4.78 is 0. The highest BCUT2D eigenvalue weighted by molar-refractivity contribution is 7.21.